The second kappa shape index (κ2) is 5.87. The maximum atomic E-state index is 13.3. The van der Waals surface area contributed by atoms with E-state index in [2.05, 4.69) is 21.2 Å². The van der Waals surface area contributed by atoms with Crippen LogP contribution in [0.25, 0.3) is 0 Å². The standard InChI is InChI=1S/C14H19BrN4O4S/c1-14(13(17)20)12(24(21,22)19-4-6-23-7-5-19)10-9(18-14)3-2-8(15)11(10)16/h2-3,12,18H,4-7,16H2,1H3,(H2,17,20). The fraction of sp³-hybridized carbons (Fsp3) is 0.500. The first-order chi connectivity index (χ1) is 11.2. The Hall–Kier alpha value is -1.36. The molecule has 2 unspecified atom stereocenters. The van der Waals surface area contributed by atoms with Crippen LogP contribution >= 0.6 is 15.9 Å². The van der Waals surface area contributed by atoms with Crippen LogP contribution in [-0.4, -0.2) is 50.5 Å². The normalized spacial score (nSPS) is 27.5. The average molecular weight is 419 g/mol. The zero-order valence-corrected chi connectivity index (χ0v) is 15.5. The summed E-state index contributed by atoms with van der Waals surface area (Å²) in [6, 6.07) is 3.39. The summed E-state index contributed by atoms with van der Waals surface area (Å²) < 4.78 is 33.7. The molecule has 0 radical (unpaired) electrons. The molecule has 3 rings (SSSR count). The molecule has 8 nitrogen and oxygen atoms in total. The number of morpholine rings is 1. The van der Waals surface area contributed by atoms with Gasteiger partial charge in [0.15, 0.2) is 0 Å². The van der Waals surface area contributed by atoms with Gasteiger partial charge in [0.25, 0.3) is 0 Å². The number of carbonyl (C=O) groups is 1. The Morgan fingerprint density at radius 3 is 2.62 bits per heavy atom. The van der Waals surface area contributed by atoms with Crippen molar-refractivity contribution in [3.05, 3.63) is 22.2 Å². The number of hydrogen-bond acceptors (Lipinski definition) is 6. The Morgan fingerprint density at radius 1 is 1.42 bits per heavy atom. The predicted molar refractivity (Wildman–Crippen MR) is 93.8 cm³/mol. The largest absolute Gasteiger partial charge is 0.397 e. The minimum absolute atomic E-state index is 0.233. The second-order valence-electron chi connectivity index (χ2n) is 6.05. The molecule has 0 aromatic heterocycles. The van der Waals surface area contributed by atoms with Gasteiger partial charge in [-0.1, -0.05) is 0 Å². The number of fused-ring (bicyclic) bond motifs is 1. The van der Waals surface area contributed by atoms with Crippen LogP contribution in [-0.2, 0) is 19.6 Å². The second-order valence-corrected chi connectivity index (χ2v) is 8.92. The third-order valence-corrected chi connectivity index (χ3v) is 7.63. The van der Waals surface area contributed by atoms with Gasteiger partial charge in [-0.25, -0.2) is 8.42 Å². The zero-order valence-electron chi connectivity index (χ0n) is 13.1. The number of carbonyl (C=O) groups excluding carboxylic acids is 1. The number of nitrogen functional groups attached to an aromatic ring is 1. The average Bonchev–Trinajstić information content (AvgIpc) is 2.87. The lowest BCUT2D eigenvalue weighted by Crippen LogP contribution is -2.55. The van der Waals surface area contributed by atoms with E-state index in [4.69, 9.17) is 16.2 Å². The van der Waals surface area contributed by atoms with Gasteiger partial charge >= 0.3 is 0 Å². The van der Waals surface area contributed by atoms with Crippen molar-refractivity contribution >= 4 is 43.2 Å². The van der Waals surface area contributed by atoms with Crippen LogP contribution in [0.4, 0.5) is 11.4 Å². The van der Waals surface area contributed by atoms with Crippen LogP contribution < -0.4 is 16.8 Å². The molecule has 0 spiro atoms. The summed E-state index contributed by atoms with van der Waals surface area (Å²) >= 11 is 3.32. The Bertz CT molecular complexity index is 794. The monoisotopic (exact) mass is 418 g/mol. The first kappa shape index (κ1) is 17.5. The lowest BCUT2D eigenvalue weighted by Gasteiger charge is -2.34. The topological polar surface area (TPSA) is 128 Å². The number of nitrogens with two attached hydrogens (primary N) is 2. The highest BCUT2D eigenvalue weighted by Crippen LogP contribution is 2.50. The molecule has 2 aliphatic rings. The summed E-state index contributed by atoms with van der Waals surface area (Å²) in [5.41, 5.74) is 11.3. The van der Waals surface area contributed by atoms with E-state index < -0.39 is 26.7 Å². The number of anilines is 2. The first-order valence-electron chi connectivity index (χ1n) is 7.42. The Morgan fingerprint density at radius 2 is 2.04 bits per heavy atom. The number of ether oxygens (including phenoxy) is 1. The van der Waals surface area contributed by atoms with Gasteiger partial charge in [-0.3, -0.25) is 4.79 Å². The summed E-state index contributed by atoms with van der Waals surface area (Å²) in [4.78, 5) is 12.1. The van der Waals surface area contributed by atoms with Gasteiger partial charge in [0.1, 0.15) is 10.8 Å². The smallest absolute Gasteiger partial charge is 0.244 e. The van der Waals surface area contributed by atoms with Crippen molar-refractivity contribution in [1.82, 2.24) is 4.31 Å². The third kappa shape index (κ3) is 2.48. The van der Waals surface area contributed by atoms with E-state index in [1.165, 1.54) is 11.2 Å². The summed E-state index contributed by atoms with van der Waals surface area (Å²) in [6.07, 6.45) is 0. The molecule has 2 heterocycles. The number of amides is 1. The number of benzene rings is 1. The number of halogens is 1. The summed E-state index contributed by atoms with van der Waals surface area (Å²) in [7, 11) is -3.88. The number of hydrogen-bond donors (Lipinski definition) is 3. The van der Waals surface area contributed by atoms with Gasteiger partial charge in [0.2, 0.25) is 15.9 Å². The molecular weight excluding hydrogens is 400 g/mol. The van der Waals surface area contributed by atoms with Gasteiger partial charge in [0.05, 0.1) is 18.9 Å². The minimum Gasteiger partial charge on any atom is -0.397 e. The summed E-state index contributed by atoms with van der Waals surface area (Å²) in [5.74, 6) is -0.754. The molecule has 1 amide bonds. The van der Waals surface area contributed by atoms with E-state index in [9.17, 15) is 13.2 Å². The molecule has 0 bridgehead atoms. The molecule has 10 heteroatoms. The highest BCUT2D eigenvalue weighted by molar-refractivity contribution is 9.10. The van der Waals surface area contributed by atoms with E-state index in [0.717, 1.165) is 0 Å². The van der Waals surface area contributed by atoms with Crippen molar-refractivity contribution in [2.45, 2.75) is 17.7 Å². The van der Waals surface area contributed by atoms with Crippen LogP contribution in [0.15, 0.2) is 16.6 Å². The molecule has 0 saturated carbocycles. The van der Waals surface area contributed by atoms with Crippen molar-refractivity contribution in [2.24, 2.45) is 5.73 Å². The molecule has 1 saturated heterocycles. The lowest BCUT2D eigenvalue weighted by atomic mass is 9.95. The zero-order chi connectivity index (χ0) is 17.7. The SMILES string of the molecule is CC1(C(N)=O)Nc2ccc(Br)c(N)c2C1S(=O)(=O)N1CCOCC1. The molecule has 2 aliphatic heterocycles. The van der Waals surface area contributed by atoms with Crippen molar-refractivity contribution in [1.29, 1.82) is 0 Å². The van der Waals surface area contributed by atoms with Crippen LogP contribution in [0.3, 0.4) is 0 Å². The maximum Gasteiger partial charge on any atom is 0.244 e. The number of rotatable bonds is 3. The highest BCUT2D eigenvalue weighted by Gasteiger charge is 2.56. The molecule has 1 aromatic rings. The Kier molecular flexibility index (Phi) is 4.27. The molecule has 2 atom stereocenters. The van der Waals surface area contributed by atoms with E-state index in [1.54, 1.807) is 12.1 Å². The molecule has 24 heavy (non-hydrogen) atoms. The van der Waals surface area contributed by atoms with Gasteiger partial charge in [-0.2, -0.15) is 4.31 Å². The summed E-state index contributed by atoms with van der Waals surface area (Å²) in [6.45, 7) is 2.58. The minimum atomic E-state index is -3.88. The van der Waals surface area contributed by atoms with Crippen molar-refractivity contribution in [3.63, 3.8) is 0 Å². The van der Waals surface area contributed by atoms with Crippen LogP contribution in [0.2, 0.25) is 0 Å². The Labute approximate surface area is 148 Å². The van der Waals surface area contributed by atoms with Gasteiger partial charge in [-0.05, 0) is 35.0 Å². The highest BCUT2D eigenvalue weighted by atomic mass is 79.9. The predicted octanol–water partition coefficient (Wildman–Crippen LogP) is 0.404. The quantitative estimate of drug-likeness (QED) is 0.609. The van der Waals surface area contributed by atoms with Crippen molar-refractivity contribution in [3.8, 4) is 0 Å². The Balaban J connectivity index is 2.19. The molecule has 132 valence electrons. The number of nitrogens with one attached hydrogen (secondary N) is 1. The van der Waals surface area contributed by atoms with Crippen molar-refractivity contribution in [2.75, 3.05) is 37.4 Å². The number of nitrogens with zero attached hydrogens (tertiary/aromatic N) is 1. The fourth-order valence-corrected chi connectivity index (χ4v) is 5.85. The van der Waals surface area contributed by atoms with E-state index in [1.807, 2.05) is 0 Å². The summed E-state index contributed by atoms with van der Waals surface area (Å²) in [5, 5.41) is 1.76. The van der Waals surface area contributed by atoms with Gasteiger partial charge < -0.3 is 21.5 Å². The van der Waals surface area contributed by atoms with Gasteiger partial charge in [0, 0.05) is 28.8 Å². The molecule has 1 fully saturated rings. The van der Waals surface area contributed by atoms with Crippen LogP contribution in [0.5, 0.6) is 0 Å². The number of primary amides is 1. The molecule has 0 aliphatic carbocycles. The maximum absolute atomic E-state index is 13.3. The lowest BCUT2D eigenvalue weighted by molar-refractivity contribution is -0.121. The van der Waals surface area contributed by atoms with Crippen LogP contribution in [0.1, 0.15) is 17.7 Å². The van der Waals surface area contributed by atoms with Crippen LogP contribution in [0, 0.1) is 0 Å². The van der Waals surface area contributed by atoms with E-state index in [0.29, 0.717) is 28.9 Å². The third-order valence-electron chi connectivity index (χ3n) is 4.55. The van der Waals surface area contributed by atoms with E-state index >= 15 is 0 Å². The fourth-order valence-electron chi connectivity index (χ4n) is 3.22. The van der Waals surface area contributed by atoms with Gasteiger partial charge in [-0.15, -0.1) is 0 Å². The first-order valence-corrected chi connectivity index (χ1v) is 9.72. The molecule has 5 N–H and O–H groups in total. The molecular formula is C14H19BrN4O4S. The molecule has 1 aromatic carbocycles. The van der Waals surface area contributed by atoms with Crippen molar-refractivity contribution < 1.29 is 17.9 Å². The number of sulfonamides is 1. The van der Waals surface area contributed by atoms with E-state index in [-0.39, 0.29) is 18.8 Å².